The first kappa shape index (κ1) is 16.3. The minimum absolute atomic E-state index is 0.160. The molecular formula is C20H32O2. The van der Waals surface area contributed by atoms with Gasteiger partial charge in [0.15, 0.2) is 0 Å². The van der Waals surface area contributed by atoms with E-state index in [4.69, 9.17) is 0 Å². The summed E-state index contributed by atoms with van der Waals surface area (Å²) < 4.78 is 0. The minimum Gasteiger partial charge on any atom is -0.389 e. The van der Waals surface area contributed by atoms with E-state index in [9.17, 15) is 10.2 Å². The zero-order chi connectivity index (χ0) is 16.1. The Hall–Kier alpha value is -0.600. The second-order valence-corrected chi connectivity index (χ2v) is 8.40. The van der Waals surface area contributed by atoms with Gasteiger partial charge < -0.3 is 10.2 Å². The average molecular weight is 304 g/mol. The lowest BCUT2D eigenvalue weighted by Crippen LogP contribution is -2.50. The van der Waals surface area contributed by atoms with Gasteiger partial charge >= 0.3 is 0 Å². The number of hydrogen-bond acceptors (Lipinski definition) is 2. The maximum atomic E-state index is 10.8. The van der Waals surface area contributed by atoms with Crippen LogP contribution in [0.3, 0.4) is 0 Å². The van der Waals surface area contributed by atoms with Crippen molar-refractivity contribution in [2.75, 3.05) is 0 Å². The molecule has 22 heavy (non-hydrogen) atoms. The van der Waals surface area contributed by atoms with Gasteiger partial charge in [0.2, 0.25) is 0 Å². The molecule has 1 fully saturated rings. The van der Waals surface area contributed by atoms with E-state index in [1.807, 2.05) is 0 Å². The third-order valence-corrected chi connectivity index (χ3v) is 7.03. The molecule has 2 nitrogen and oxygen atoms in total. The second-order valence-electron chi connectivity index (χ2n) is 8.40. The summed E-state index contributed by atoms with van der Waals surface area (Å²) >= 11 is 0. The summed E-state index contributed by atoms with van der Waals surface area (Å²) in [4.78, 5) is 0. The molecule has 124 valence electrons. The van der Waals surface area contributed by atoms with E-state index in [2.05, 4.69) is 33.8 Å². The lowest BCUT2D eigenvalue weighted by Gasteiger charge is -2.47. The molecule has 1 saturated carbocycles. The van der Waals surface area contributed by atoms with Crippen molar-refractivity contribution < 1.29 is 10.2 Å². The van der Waals surface area contributed by atoms with Gasteiger partial charge in [-0.15, -0.1) is 0 Å². The van der Waals surface area contributed by atoms with Crippen molar-refractivity contribution in [3.05, 3.63) is 22.8 Å². The summed E-state index contributed by atoms with van der Waals surface area (Å²) in [6.07, 6.45) is 7.83. The Labute approximate surface area is 135 Å². The summed E-state index contributed by atoms with van der Waals surface area (Å²) in [7, 11) is 0. The van der Waals surface area contributed by atoms with Crippen LogP contribution in [-0.4, -0.2) is 22.4 Å². The van der Waals surface area contributed by atoms with E-state index in [0.717, 1.165) is 31.3 Å². The molecule has 2 heteroatoms. The predicted molar refractivity (Wildman–Crippen MR) is 90.4 cm³/mol. The minimum atomic E-state index is -0.655. The third-order valence-electron chi connectivity index (χ3n) is 7.03. The van der Waals surface area contributed by atoms with Gasteiger partial charge in [-0.05, 0) is 75.7 Å². The smallest absolute Gasteiger partial charge is 0.102 e. The van der Waals surface area contributed by atoms with Crippen molar-refractivity contribution in [1.29, 1.82) is 0 Å². The molecule has 0 radical (unpaired) electrons. The number of rotatable bonds is 0. The Morgan fingerprint density at radius 2 is 1.86 bits per heavy atom. The van der Waals surface area contributed by atoms with Crippen LogP contribution in [0.4, 0.5) is 0 Å². The van der Waals surface area contributed by atoms with Crippen LogP contribution >= 0.6 is 0 Å². The average Bonchev–Trinajstić information content (AvgIpc) is 2.83. The Morgan fingerprint density at radius 3 is 2.59 bits per heavy atom. The molecule has 2 bridgehead atoms. The van der Waals surface area contributed by atoms with E-state index >= 15 is 0 Å². The van der Waals surface area contributed by atoms with E-state index in [0.29, 0.717) is 17.8 Å². The first-order chi connectivity index (χ1) is 10.4. The lowest BCUT2D eigenvalue weighted by atomic mass is 9.61. The number of hydrogen-bond donors (Lipinski definition) is 2. The molecule has 0 unspecified atom stereocenters. The molecule has 0 spiro atoms. The van der Waals surface area contributed by atoms with Gasteiger partial charge in [-0.25, -0.2) is 0 Å². The molecule has 0 heterocycles. The molecule has 0 saturated heterocycles. The fourth-order valence-corrected chi connectivity index (χ4v) is 5.49. The first-order valence-electron chi connectivity index (χ1n) is 9.08. The maximum Gasteiger partial charge on any atom is 0.102 e. The maximum absolute atomic E-state index is 10.8. The van der Waals surface area contributed by atoms with E-state index in [-0.39, 0.29) is 5.41 Å². The van der Waals surface area contributed by atoms with Crippen molar-refractivity contribution in [2.45, 2.75) is 78.4 Å². The fourth-order valence-electron chi connectivity index (χ4n) is 5.49. The van der Waals surface area contributed by atoms with Crippen molar-refractivity contribution in [3.8, 4) is 0 Å². The van der Waals surface area contributed by atoms with Gasteiger partial charge in [-0.3, -0.25) is 0 Å². The van der Waals surface area contributed by atoms with Gasteiger partial charge in [0.1, 0.15) is 6.10 Å². The molecule has 0 aromatic heterocycles. The molecule has 0 aromatic rings. The Morgan fingerprint density at radius 1 is 1.14 bits per heavy atom. The van der Waals surface area contributed by atoms with Crippen LogP contribution in [0.25, 0.3) is 0 Å². The van der Waals surface area contributed by atoms with Gasteiger partial charge in [-0.1, -0.05) is 31.1 Å². The van der Waals surface area contributed by atoms with E-state index in [1.54, 1.807) is 0 Å². The predicted octanol–water partition coefficient (Wildman–Crippen LogP) is 4.23. The summed E-state index contributed by atoms with van der Waals surface area (Å²) in [6, 6.07) is 0. The fraction of sp³-hybridized carbons (Fsp3) is 0.800. The van der Waals surface area contributed by atoms with Crippen LogP contribution in [-0.2, 0) is 0 Å². The van der Waals surface area contributed by atoms with Gasteiger partial charge in [-0.2, -0.15) is 0 Å². The molecule has 0 amide bonds. The zero-order valence-corrected chi connectivity index (χ0v) is 14.6. The molecule has 6 atom stereocenters. The summed E-state index contributed by atoms with van der Waals surface area (Å²) in [5, 5.41) is 21.6. The SMILES string of the molecule is CC1=C2CC[C@@H](C)CC/C=C(\C)[C@@H]3CC[C@@](C)([C@H]13)[C@@H](O)[C@@H]2O. The van der Waals surface area contributed by atoms with Crippen LogP contribution in [0.1, 0.15) is 66.2 Å². The summed E-state index contributed by atoms with van der Waals surface area (Å²) in [6.45, 7) is 9.01. The Kier molecular flexibility index (Phi) is 4.28. The number of aliphatic hydroxyl groups is 2. The highest BCUT2D eigenvalue weighted by molar-refractivity contribution is 5.33. The van der Waals surface area contributed by atoms with Crippen LogP contribution in [0.2, 0.25) is 0 Å². The van der Waals surface area contributed by atoms with Crippen molar-refractivity contribution in [1.82, 2.24) is 0 Å². The molecule has 0 aromatic carbocycles. The lowest BCUT2D eigenvalue weighted by molar-refractivity contribution is -0.0699. The normalized spacial score (nSPS) is 48.6. The van der Waals surface area contributed by atoms with Crippen LogP contribution in [0.5, 0.6) is 0 Å². The van der Waals surface area contributed by atoms with Crippen LogP contribution in [0.15, 0.2) is 22.8 Å². The largest absolute Gasteiger partial charge is 0.389 e. The Balaban J connectivity index is 2.09. The van der Waals surface area contributed by atoms with E-state index < -0.39 is 12.2 Å². The van der Waals surface area contributed by atoms with Crippen molar-refractivity contribution in [3.63, 3.8) is 0 Å². The van der Waals surface area contributed by atoms with E-state index in [1.165, 1.54) is 24.0 Å². The third kappa shape index (κ3) is 2.39. The summed E-state index contributed by atoms with van der Waals surface area (Å²) in [5.41, 5.74) is 3.87. The molecule has 0 aliphatic heterocycles. The highest BCUT2D eigenvalue weighted by atomic mass is 16.3. The monoisotopic (exact) mass is 304 g/mol. The molecular weight excluding hydrogens is 272 g/mol. The Bertz CT molecular complexity index is 504. The quantitative estimate of drug-likeness (QED) is 0.658. The van der Waals surface area contributed by atoms with Crippen LogP contribution in [0, 0.1) is 23.2 Å². The molecule has 3 aliphatic rings. The zero-order valence-electron chi connectivity index (χ0n) is 14.6. The molecule has 3 rings (SSSR count). The second kappa shape index (κ2) is 5.79. The van der Waals surface area contributed by atoms with Crippen molar-refractivity contribution in [2.24, 2.45) is 23.2 Å². The van der Waals surface area contributed by atoms with Gasteiger partial charge in [0.25, 0.3) is 0 Å². The first-order valence-corrected chi connectivity index (χ1v) is 9.08. The topological polar surface area (TPSA) is 40.5 Å². The summed E-state index contributed by atoms with van der Waals surface area (Å²) in [5.74, 6) is 1.64. The van der Waals surface area contributed by atoms with Crippen LogP contribution < -0.4 is 0 Å². The highest BCUT2D eigenvalue weighted by Gasteiger charge is 2.55. The van der Waals surface area contributed by atoms with Gasteiger partial charge in [0, 0.05) is 5.41 Å². The van der Waals surface area contributed by atoms with Gasteiger partial charge in [0.05, 0.1) is 6.10 Å². The number of allylic oxidation sites excluding steroid dienone is 3. The molecule has 2 N–H and O–H groups in total. The highest BCUT2D eigenvalue weighted by Crippen LogP contribution is 2.59. The molecule has 3 aliphatic carbocycles. The standard InChI is InChI=1S/C20H32O2/c1-12-6-5-7-13(2)15-10-11-20(4)17(15)14(3)16(9-8-12)18(21)19(20)22/h7,12,15,17-19,21-22H,5-6,8-11H2,1-4H3/b13-7+/t12-,15-,17+,18+,19-,20-/m0/s1. The van der Waals surface area contributed by atoms with Crippen molar-refractivity contribution >= 4 is 0 Å². The number of aliphatic hydroxyl groups excluding tert-OH is 2.